The van der Waals surface area contributed by atoms with E-state index in [0.717, 1.165) is 25.7 Å². The molecule has 4 heteroatoms. The van der Waals surface area contributed by atoms with Gasteiger partial charge in [0.2, 0.25) is 6.79 Å². The molecule has 1 heterocycles. The molecule has 0 amide bonds. The number of hydrogen-bond acceptors (Lipinski definition) is 4. The van der Waals surface area contributed by atoms with E-state index in [1.165, 1.54) is 89.9 Å². The molecule has 0 radical (unpaired) electrons. The van der Waals surface area contributed by atoms with Crippen LogP contribution in [0.1, 0.15) is 128 Å². The standard InChI is InChI=1S/C23H42O4/c24-22-19-17-15-13-11-9-7-5-3-1-2-4-6-8-10-12-14-16-18-20-23(25)27-21-26-22/h1-21H2. The van der Waals surface area contributed by atoms with Gasteiger partial charge in [0.1, 0.15) is 0 Å². The largest absolute Gasteiger partial charge is 0.428 e. The SMILES string of the molecule is O=C1CCCCCCCCCCCCCCCCCCCCC(=O)OCO1. The first kappa shape index (κ1) is 24.0. The van der Waals surface area contributed by atoms with Gasteiger partial charge in [-0.15, -0.1) is 0 Å². The number of carbonyl (C=O) groups is 2. The number of cyclic esters (lactones) is 2. The maximum atomic E-state index is 11.6. The normalized spacial score (nSPS) is 22.7. The lowest BCUT2D eigenvalue weighted by atomic mass is 10.0. The number of ether oxygens (including phenoxy) is 2. The Bertz CT molecular complexity index is 333. The van der Waals surface area contributed by atoms with E-state index in [1.807, 2.05) is 0 Å². The topological polar surface area (TPSA) is 52.6 Å². The van der Waals surface area contributed by atoms with Crippen molar-refractivity contribution in [3.05, 3.63) is 0 Å². The Balaban J connectivity index is 2.16. The molecule has 0 aliphatic carbocycles. The summed E-state index contributed by atoms with van der Waals surface area (Å²) in [5, 5.41) is 0. The summed E-state index contributed by atoms with van der Waals surface area (Å²) in [6.07, 6.45) is 23.4. The molecule has 0 aromatic carbocycles. The molecule has 1 aliphatic rings. The molecule has 4 nitrogen and oxygen atoms in total. The zero-order valence-corrected chi connectivity index (χ0v) is 17.5. The molecule has 158 valence electrons. The van der Waals surface area contributed by atoms with Gasteiger partial charge in [0.05, 0.1) is 0 Å². The van der Waals surface area contributed by atoms with Crippen LogP contribution in [0.15, 0.2) is 0 Å². The lowest BCUT2D eigenvalue weighted by Crippen LogP contribution is -2.12. The summed E-state index contributed by atoms with van der Waals surface area (Å²) in [6.45, 7) is -0.225. The van der Waals surface area contributed by atoms with Crippen molar-refractivity contribution in [3.63, 3.8) is 0 Å². The van der Waals surface area contributed by atoms with E-state index in [1.54, 1.807) is 0 Å². The molecule has 1 rings (SSSR count). The molecule has 0 N–H and O–H groups in total. The van der Waals surface area contributed by atoms with Gasteiger partial charge in [0, 0.05) is 12.8 Å². The third kappa shape index (κ3) is 16.8. The van der Waals surface area contributed by atoms with Gasteiger partial charge < -0.3 is 9.47 Å². The minimum atomic E-state index is -0.256. The van der Waals surface area contributed by atoms with E-state index in [-0.39, 0.29) is 18.7 Å². The summed E-state index contributed by atoms with van der Waals surface area (Å²) in [4.78, 5) is 23.2. The van der Waals surface area contributed by atoms with Crippen molar-refractivity contribution in [1.82, 2.24) is 0 Å². The van der Waals surface area contributed by atoms with Gasteiger partial charge in [-0.2, -0.15) is 0 Å². The van der Waals surface area contributed by atoms with Crippen molar-refractivity contribution >= 4 is 11.9 Å². The van der Waals surface area contributed by atoms with E-state index in [2.05, 4.69) is 0 Å². The second kappa shape index (κ2) is 18.3. The first-order valence-electron chi connectivity index (χ1n) is 11.6. The summed E-state index contributed by atoms with van der Waals surface area (Å²) >= 11 is 0. The Morgan fingerprint density at radius 1 is 0.370 bits per heavy atom. The number of esters is 2. The molecule has 0 aromatic rings. The highest BCUT2D eigenvalue weighted by Crippen LogP contribution is 2.15. The van der Waals surface area contributed by atoms with Crippen molar-refractivity contribution in [2.24, 2.45) is 0 Å². The predicted octanol–water partition coefficient (Wildman–Crippen LogP) is 6.85. The molecule has 0 saturated carbocycles. The zero-order chi connectivity index (χ0) is 19.4. The van der Waals surface area contributed by atoms with Gasteiger partial charge in [0.25, 0.3) is 0 Å². The second-order valence-electron chi connectivity index (χ2n) is 8.01. The van der Waals surface area contributed by atoms with Crippen LogP contribution in [0.25, 0.3) is 0 Å². The molecule has 0 bridgehead atoms. The fourth-order valence-corrected chi connectivity index (χ4v) is 3.67. The van der Waals surface area contributed by atoms with Crippen LogP contribution in [-0.2, 0) is 19.1 Å². The Kier molecular flexibility index (Phi) is 16.3. The molecule has 1 saturated heterocycles. The van der Waals surface area contributed by atoms with Crippen molar-refractivity contribution in [1.29, 1.82) is 0 Å². The maximum absolute atomic E-state index is 11.6. The van der Waals surface area contributed by atoms with Crippen LogP contribution in [0, 0.1) is 0 Å². The van der Waals surface area contributed by atoms with E-state index >= 15 is 0 Å². The predicted molar refractivity (Wildman–Crippen MR) is 109 cm³/mol. The monoisotopic (exact) mass is 382 g/mol. The van der Waals surface area contributed by atoms with E-state index in [4.69, 9.17) is 9.47 Å². The molecule has 0 spiro atoms. The minimum absolute atomic E-state index is 0.225. The molecule has 0 unspecified atom stereocenters. The Morgan fingerprint density at radius 3 is 0.852 bits per heavy atom. The summed E-state index contributed by atoms with van der Waals surface area (Å²) in [7, 11) is 0. The average molecular weight is 383 g/mol. The third-order valence-electron chi connectivity index (χ3n) is 5.45. The summed E-state index contributed by atoms with van der Waals surface area (Å²) in [6, 6.07) is 0. The minimum Gasteiger partial charge on any atom is -0.428 e. The number of carbonyl (C=O) groups excluding carboxylic acids is 2. The second-order valence-corrected chi connectivity index (χ2v) is 8.01. The Morgan fingerprint density at radius 2 is 0.593 bits per heavy atom. The highest BCUT2D eigenvalue weighted by atomic mass is 16.7. The quantitative estimate of drug-likeness (QED) is 0.430. The van der Waals surface area contributed by atoms with Crippen LogP contribution >= 0.6 is 0 Å². The van der Waals surface area contributed by atoms with E-state index < -0.39 is 0 Å². The first-order valence-corrected chi connectivity index (χ1v) is 11.6. The van der Waals surface area contributed by atoms with E-state index in [9.17, 15) is 9.59 Å². The molecular formula is C23H42O4. The maximum Gasteiger partial charge on any atom is 0.308 e. The molecular weight excluding hydrogens is 340 g/mol. The molecule has 1 aliphatic heterocycles. The van der Waals surface area contributed by atoms with Crippen LogP contribution in [0.3, 0.4) is 0 Å². The Labute approximate surface area is 166 Å². The van der Waals surface area contributed by atoms with Gasteiger partial charge >= 0.3 is 11.9 Å². The summed E-state index contributed by atoms with van der Waals surface area (Å²) in [5.74, 6) is -0.512. The van der Waals surface area contributed by atoms with Gasteiger partial charge in [-0.25, -0.2) is 0 Å². The van der Waals surface area contributed by atoms with Gasteiger partial charge in [-0.3, -0.25) is 9.59 Å². The fraction of sp³-hybridized carbons (Fsp3) is 0.913. The van der Waals surface area contributed by atoms with Crippen LogP contribution in [-0.4, -0.2) is 18.7 Å². The smallest absolute Gasteiger partial charge is 0.308 e. The van der Waals surface area contributed by atoms with Crippen LogP contribution in [0.2, 0.25) is 0 Å². The third-order valence-corrected chi connectivity index (χ3v) is 5.45. The van der Waals surface area contributed by atoms with Crippen LogP contribution in [0.4, 0.5) is 0 Å². The van der Waals surface area contributed by atoms with Crippen molar-refractivity contribution in [3.8, 4) is 0 Å². The van der Waals surface area contributed by atoms with Crippen LogP contribution in [0.5, 0.6) is 0 Å². The molecule has 1 fully saturated rings. The molecule has 27 heavy (non-hydrogen) atoms. The summed E-state index contributed by atoms with van der Waals surface area (Å²) in [5.41, 5.74) is 0. The zero-order valence-electron chi connectivity index (χ0n) is 17.5. The van der Waals surface area contributed by atoms with Crippen molar-refractivity contribution in [2.75, 3.05) is 6.79 Å². The lowest BCUT2D eigenvalue weighted by Gasteiger charge is -2.06. The fourth-order valence-electron chi connectivity index (χ4n) is 3.67. The number of hydrogen-bond donors (Lipinski definition) is 0. The number of rotatable bonds is 0. The van der Waals surface area contributed by atoms with Crippen LogP contribution < -0.4 is 0 Å². The molecule has 0 atom stereocenters. The lowest BCUT2D eigenvalue weighted by molar-refractivity contribution is -0.167. The van der Waals surface area contributed by atoms with Crippen molar-refractivity contribution in [2.45, 2.75) is 128 Å². The first-order chi connectivity index (χ1) is 13.3. The van der Waals surface area contributed by atoms with E-state index in [0.29, 0.717) is 12.8 Å². The Hall–Kier alpha value is -1.06. The molecule has 0 aromatic heterocycles. The van der Waals surface area contributed by atoms with Gasteiger partial charge in [0.15, 0.2) is 0 Å². The van der Waals surface area contributed by atoms with Gasteiger partial charge in [-0.05, 0) is 12.8 Å². The van der Waals surface area contributed by atoms with Crippen molar-refractivity contribution < 1.29 is 19.1 Å². The highest BCUT2D eigenvalue weighted by molar-refractivity contribution is 5.70. The average Bonchev–Trinajstić information content (AvgIpc) is 2.65. The highest BCUT2D eigenvalue weighted by Gasteiger charge is 2.06. The van der Waals surface area contributed by atoms with Gasteiger partial charge in [-0.1, -0.05) is 103 Å². The summed E-state index contributed by atoms with van der Waals surface area (Å²) < 4.78 is 9.96.